The van der Waals surface area contributed by atoms with Crippen LogP contribution in [0, 0.1) is 6.92 Å². The zero-order chi connectivity index (χ0) is 15.5. The molecule has 1 aliphatic rings. The first-order valence-electron chi connectivity index (χ1n) is 7.82. The summed E-state index contributed by atoms with van der Waals surface area (Å²) in [6.45, 7) is 2.69. The van der Waals surface area contributed by atoms with Gasteiger partial charge in [-0.3, -0.25) is 0 Å². The summed E-state index contributed by atoms with van der Waals surface area (Å²) in [5.41, 5.74) is 5.03. The van der Waals surface area contributed by atoms with Crippen molar-refractivity contribution in [2.45, 2.75) is 31.9 Å². The summed E-state index contributed by atoms with van der Waals surface area (Å²) in [6.07, 6.45) is 1.72. The van der Waals surface area contributed by atoms with Crippen LogP contribution in [-0.2, 0) is 6.42 Å². The van der Waals surface area contributed by atoms with Crippen LogP contribution in [-0.4, -0.2) is 18.8 Å². The van der Waals surface area contributed by atoms with Gasteiger partial charge in [-0.05, 0) is 48.6 Å². The molecule has 3 rings (SSSR count). The number of hydrogen-bond acceptors (Lipinski definition) is 3. The number of hydrogen-bond donors (Lipinski definition) is 2. The van der Waals surface area contributed by atoms with Crippen LogP contribution >= 0.6 is 0 Å². The molecule has 2 aromatic rings. The van der Waals surface area contributed by atoms with E-state index in [1.54, 1.807) is 7.11 Å². The largest absolute Gasteiger partial charge is 0.497 e. The molecule has 2 aromatic carbocycles. The van der Waals surface area contributed by atoms with Gasteiger partial charge in [-0.25, -0.2) is 0 Å². The van der Waals surface area contributed by atoms with Crippen LogP contribution in [0.4, 0.5) is 0 Å². The first-order chi connectivity index (χ1) is 10.7. The summed E-state index contributed by atoms with van der Waals surface area (Å²) >= 11 is 0. The second-order valence-electron chi connectivity index (χ2n) is 5.99. The second-order valence-corrected chi connectivity index (χ2v) is 5.99. The second kappa shape index (κ2) is 6.51. The van der Waals surface area contributed by atoms with E-state index in [1.165, 1.54) is 16.7 Å². The van der Waals surface area contributed by atoms with E-state index in [0.717, 1.165) is 24.2 Å². The van der Waals surface area contributed by atoms with E-state index in [2.05, 4.69) is 30.4 Å². The van der Waals surface area contributed by atoms with Crippen molar-refractivity contribution in [2.75, 3.05) is 13.7 Å². The first kappa shape index (κ1) is 15.1. The third kappa shape index (κ3) is 3.16. The Morgan fingerprint density at radius 1 is 1.23 bits per heavy atom. The van der Waals surface area contributed by atoms with Crippen molar-refractivity contribution in [1.82, 2.24) is 5.32 Å². The van der Waals surface area contributed by atoms with E-state index < -0.39 is 6.10 Å². The molecule has 2 atom stereocenters. The maximum Gasteiger partial charge on any atom is 0.118 e. The van der Waals surface area contributed by atoms with Gasteiger partial charge in [-0.2, -0.15) is 0 Å². The van der Waals surface area contributed by atoms with E-state index >= 15 is 0 Å². The average Bonchev–Trinajstić information content (AvgIpc) is 2.95. The van der Waals surface area contributed by atoms with E-state index in [-0.39, 0.29) is 0 Å². The van der Waals surface area contributed by atoms with Crippen molar-refractivity contribution in [3.05, 3.63) is 64.7 Å². The number of methoxy groups -OCH3 is 1. The molecule has 0 heterocycles. The van der Waals surface area contributed by atoms with Gasteiger partial charge in [0.05, 0.1) is 13.2 Å². The highest BCUT2D eigenvalue weighted by molar-refractivity contribution is 5.37. The van der Waals surface area contributed by atoms with E-state index in [4.69, 9.17) is 4.74 Å². The van der Waals surface area contributed by atoms with E-state index in [9.17, 15) is 5.11 Å². The fraction of sp³-hybridized carbons (Fsp3) is 0.368. The van der Waals surface area contributed by atoms with Crippen molar-refractivity contribution in [3.63, 3.8) is 0 Å². The van der Waals surface area contributed by atoms with Crippen molar-refractivity contribution in [3.8, 4) is 5.75 Å². The summed E-state index contributed by atoms with van der Waals surface area (Å²) in [5.74, 6) is 0.809. The SMILES string of the molecule is COc1ccc(C(O)CNC2CCc3ccc(C)cc32)cc1. The smallest absolute Gasteiger partial charge is 0.118 e. The lowest BCUT2D eigenvalue weighted by Gasteiger charge is -2.18. The van der Waals surface area contributed by atoms with Gasteiger partial charge in [-0.1, -0.05) is 35.9 Å². The summed E-state index contributed by atoms with van der Waals surface area (Å²) in [5, 5.41) is 13.9. The lowest BCUT2D eigenvalue weighted by Crippen LogP contribution is -2.25. The normalized spacial score (nSPS) is 18.0. The van der Waals surface area contributed by atoms with E-state index in [0.29, 0.717) is 12.6 Å². The van der Waals surface area contributed by atoms with Crippen LogP contribution in [0.3, 0.4) is 0 Å². The molecule has 0 spiro atoms. The highest BCUT2D eigenvalue weighted by atomic mass is 16.5. The van der Waals surface area contributed by atoms with Crippen molar-refractivity contribution in [2.24, 2.45) is 0 Å². The third-order valence-electron chi connectivity index (χ3n) is 4.44. The molecule has 0 aromatic heterocycles. The number of fused-ring (bicyclic) bond motifs is 1. The number of nitrogens with one attached hydrogen (secondary N) is 1. The molecule has 3 heteroatoms. The quantitative estimate of drug-likeness (QED) is 0.889. The van der Waals surface area contributed by atoms with Gasteiger partial charge >= 0.3 is 0 Å². The molecule has 0 radical (unpaired) electrons. The number of ether oxygens (including phenoxy) is 1. The Kier molecular flexibility index (Phi) is 4.46. The minimum absolute atomic E-state index is 0.350. The van der Waals surface area contributed by atoms with Crippen LogP contribution in [0.5, 0.6) is 5.75 Å². The minimum atomic E-state index is -0.500. The Morgan fingerprint density at radius 3 is 2.73 bits per heavy atom. The summed E-state index contributed by atoms with van der Waals surface area (Å²) in [6, 6.07) is 14.6. The van der Waals surface area contributed by atoms with Gasteiger partial charge in [0.2, 0.25) is 0 Å². The highest BCUT2D eigenvalue weighted by Gasteiger charge is 2.22. The Hall–Kier alpha value is -1.84. The lowest BCUT2D eigenvalue weighted by atomic mass is 10.0. The highest BCUT2D eigenvalue weighted by Crippen LogP contribution is 2.32. The molecule has 1 aliphatic carbocycles. The zero-order valence-electron chi connectivity index (χ0n) is 13.2. The Labute approximate surface area is 131 Å². The topological polar surface area (TPSA) is 41.5 Å². The lowest BCUT2D eigenvalue weighted by molar-refractivity contribution is 0.169. The average molecular weight is 297 g/mol. The van der Waals surface area contributed by atoms with Gasteiger partial charge in [0.25, 0.3) is 0 Å². The minimum Gasteiger partial charge on any atom is -0.497 e. The van der Waals surface area contributed by atoms with Crippen molar-refractivity contribution in [1.29, 1.82) is 0 Å². The first-order valence-corrected chi connectivity index (χ1v) is 7.82. The predicted molar refractivity (Wildman–Crippen MR) is 88.2 cm³/mol. The number of aliphatic hydroxyl groups excluding tert-OH is 1. The molecule has 2 unspecified atom stereocenters. The maximum absolute atomic E-state index is 10.3. The van der Waals surface area contributed by atoms with Crippen LogP contribution in [0.2, 0.25) is 0 Å². The fourth-order valence-corrected chi connectivity index (χ4v) is 3.13. The van der Waals surface area contributed by atoms with E-state index in [1.807, 2.05) is 24.3 Å². The monoisotopic (exact) mass is 297 g/mol. The summed E-state index contributed by atoms with van der Waals surface area (Å²) in [7, 11) is 1.65. The number of rotatable bonds is 5. The molecular weight excluding hydrogens is 274 g/mol. The van der Waals surface area contributed by atoms with Gasteiger partial charge < -0.3 is 15.2 Å². The number of aliphatic hydroxyl groups is 1. The molecule has 0 fully saturated rings. The molecule has 3 nitrogen and oxygen atoms in total. The summed E-state index contributed by atoms with van der Waals surface area (Å²) < 4.78 is 5.14. The number of aryl methyl sites for hydroxylation is 2. The third-order valence-corrected chi connectivity index (χ3v) is 4.44. The number of benzene rings is 2. The predicted octanol–water partition coefficient (Wildman–Crippen LogP) is 3.31. The van der Waals surface area contributed by atoms with Crippen LogP contribution in [0.15, 0.2) is 42.5 Å². The van der Waals surface area contributed by atoms with Crippen LogP contribution in [0.25, 0.3) is 0 Å². The van der Waals surface area contributed by atoms with Gasteiger partial charge in [0.1, 0.15) is 5.75 Å². The van der Waals surface area contributed by atoms with Crippen molar-refractivity contribution >= 4 is 0 Å². The molecule has 0 saturated heterocycles. The standard InChI is InChI=1S/C19H23NO2/c1-13-3-4-14-7-10-18(17(14)11-13)20-12-19(21)15-5-8-16(22-2)9-6-15/h3-6,8-9,11,18-21H,7,10,12H2,1-2H3. The van der Waals surface area contributed by atoms with Gasteiger partial charge in [0.15, 0.2) is 0 Å². The van der Waals surface area contributed by atoms with Crippen LogP contribution in [0.1, 0.15) is 40.8 Å². The van der Waals surface area contributed by atoms with Gasteiger partial charge in [-0.15, -0.1) is 0 Å². The Balaban J connectivity index is 1.62. The molecule has 0 aliphatic heterocycles. The van der Waals surface area contributed by atoms with Crippen molar-refractivity contribution < 1.29 is 9.84 Å². The van der Waals surface area contributed by atoms with Crippen LogP contribution < -0.4 is 10.1 Å². The Morgan fingerprint density at radius 2 is 2.00 bits per heavy atom. The molecule has 0 saturated carbocycles. The molecule has 2 N–H and O–H groups in total. The molecule has 0 amide bonds. The maximum atomic E-state index is 10.3. The molecule has 22 heavy (non-hydrogen) atoms. The zero-order valence-corrected chi connectivity index (χ0v) is 13.2. The molecule has 0 bridgehead atoms. The molecule has 116 valence electrons. The Bertz CT molecular complexity index is 636. The fourth-order valence-electron chi connectivity index (χ4n) is 3.13. The van der Waals surface area contributed by atoms with Gasteiger partial charge in [0, 0.05) is 12.6 Å². The molecular formula is C19H23NO2. The summed E-state index contributed by atoms with van der Waals surface area (Å²) in [4.78, 5) is 0.